The highest BCUT2D eigenvalue weighted by molar-refractivity contribution is 6.25. The van der Waals surface area contributed by atoms with Gasteiger partial charge in [0.2, 0.25) is 0 Å². The summed E-state index contributed by atoms with van der Waals surface area (Å²) in [4.78, 5) is 9.61. The van der Waals surface area contributed by atoms with Crippen LogP contribution in [-0.4, -0.2) is 19.1 Å². The number of furan rings is 2. The molecule has 15 rings (SSSR count). The fraction of sp³-hybridized carbons (Fsp3) is 0. The minimum Gasteiger partial charge on any atom is -0.455 e. The minimum atomic E-state index is 0.859. The van der Waals surface area contributed by atoms with Crippen LogP contribution in [0.1, 0.15) is 0 Å². The molecule has 5 heterocycles. The van der Waals surface area contributed by atoms with Crippen molar-refractivity contribution in [2.75, 3.05) is 0 Å². The van der Waals surface area contributed by atoms with Crippen LogP contribution in [0.15, 0.2) is 240 Å². The predicted molar refractivity (Wildman–Crippen MR) is 287 cm³/mol. The van der Waals surface area contributed by atoms with E-state index in [0.29, 0.717) is 0 Å². The molecule has 0 unspecified atom stereocenters. The molecule has 15 aromatic rings. The number of rotatable bonds is 6. The van der Waals surface area contributed by atoms with E-state index in [0.717, 1.165) is 144 Å². The third-order valence-electron chi connectivity index (χ3n) is 14.2. The smallest absolute Gasteiger partial charge is 0.145 e. The molecule has 0 aliphatic rings. The number of hydrogen-bond acceptors (Lipinski definition) is 4. The zero-order valence-corrected chi connectivity index (χ0v) is 37.5. The lowest BCUT2D eigenvalue weighted by Crippen LogP contribution is -1.94. The Kier molecular flexibility index (Phi) is 8.26. The molecule has 0 fully saturated rings. The van der Waals surface area contributed by atoms with Crippen molar-refractivity contribution in [3.63, 3.8) is 0 Å². The summed E-state index contributed by atoms with van der Waals surface area (Å²) in [6.45, 7) is 0. The van der Waals surface area contributed by atoms with Gasteiger partial charge in [0.1, 0.15) is 28.7 Å². The second kappa shape index (κ2) is 15.0. The second-order valence-corrected chi connectivity index (χ2v) is 18.1. The largest absolute Gasteiger partial charge is 0.455 e. The van der Waals surface area contributed by atoms with Gasteiger partial charge < -0.3 is 18.0 Å². The van der Waals surface area contributed by atoms with Crippen LogP contribution in [0.2, 0.25) is 0 Å². The van der Waals surface area contributed by atoms with Crippen molar-refractivity contribution in [1.82, 2.24) is 19.1 Å². The molecule has 0 N–H and O–H groups in total. The van der Waals surface area contributed by atoms with Crippen LogP contribution in [0, 0.1) is 0 Å². The maximum atomic E-state index is 6.56. The molecule has 6 heteroatoms. The van der Waals surface area contributed by atoms with Crippen molar-refractivity contribution in [2.24, 2.45) is 0 Å². The molecule has 0 atom stereocenters. The molecule has 6 nitrogen and oxygen atoms in total. The van der Waals surface area contributed by atoms with Gasteiger partial charge in [-0.15, -0.1) is 0 Å². The average molecular weight is 895 g/mol. The van der Waals surface area contributed by atoms with Crippen LogP contribution in [-0.2, 0) is 0 Å². The molecule has 0 saturated carbocycles. The molecule has 0 spiro atoms. The Bertz CT molecular complexity index is 4330. The summed E-state index contributed by atoms with van der Waals surface area (Å²) in [5, 5.41) is 9.10. The Hall–Kier alpha value is -9.52. The summed E-state index contributed by atoms with van der Waals surface area (Å²) in [7, 11) is 0. The van der Waals surface area contributed by atoms with Crippen LogP contribution < -0.4 is 0 Å². The number of hydrogen-bond donors (Lipinski definition) is 0. The van der Waals surface area contributed by atoms with Crippen LogP contribution in [0.5, 0.6) is 0 Å². The highest BCUT2D eigenvalue weighted by Gasteiger charge is 2.21. The van der Waals surface area contributed by atoms with Gasteiger partial charge in [-0.3, -0.25) is 0 Å². The first-order chi connectivity index (χ1) is 34.7. The van der Waals surface area contributed by atoms with Crippen molar-refractivity contribution in [2.45, 2.75) is 0 Å². The maximum absolute atomic E-state index is 6.56. The molecule has 0 radical (unpaired) electrons. The molecule has 0 aliphatic heterocycles. The third-order valence-corrected chi connectivity index (χ3v) is 14.2. The van der Waals surface area contributed by atoms with E-state index in [1.54, 1.807) is 6.33 Å². The van der Waals surface area contributed by atoms with Crippen molar-refractivity contribution in [3.8, 4) is 56.1 Å². The van der Waals surface area contributed by atoms with Crippen LogP contribution in [0.3, 0.4) is 0 Å². The highest BCUT2D eigenvalue weighted by atomic mass is 16.3. The topological polar surface area (TPSA) is 61.9 Å². The molecule has 0 aliphatic carbocycles. The lowest BCUT2D eigenvalue weighted by atomic mass is 9.99. The van der Waals surface area contributed by atoms with Crippen LogP contribution >= 0.6 is 0 Å². The third kappa shape index (κ3) is 5.80. The summed E-state index contributed by atoms with van der Waals surface area (Å²) in [6, 6.07) is 79.6. The highest BCUT2D eigenvalue weighted by Crippen LogP contribution is 2.43. The van der Waals surface area contributed by atoms with E-state index < -0.39 is 0 Å². The standard InChI is InChI=1S/C64H38N4O2/c1-5-25-55-51(23-1)61-57(31-29-49-47-21-3-7-27-59(47)69-63(49)61)67(55)45-19-11-15-41(35-45)39-13-9-17-43(33-39)53-37-54(66-38-65-53)44-18-10-14-40(34-44)42-16-12-20-46(36-42)68-56-26-6-2-24-52(56)62-58(68)32-30-50-48-22-4-8-28-60(48)70-64(50)62/h1-38H. The van der Waals surface area contributed by atoms with Crippen molar-refractivity contribution >= 4 is 87.5 Å². The Morgan fingerprint density at radius 2 is 0.686 bits per heavy atom. The molecule has 326 valence electrons. The molecular formula is C64H38N4O2. The van der Waals surface area contributed by atoms with E-state index in [1.165, 1.54) is 0 Å². The number of fused-ring (bicyclic) bond motifs is 14. The Labute approximate surface area is 400 Å². The quantitative estimate of drug-likeness (QED) is 0.167. The zero-order valence-electron chi connectivity index (χ0n) is 37.5. The van der Waals surface area contributed by atoms with Crippen molar-refractivity contribution in [3.05, 3.63) is 231 Å². The normalized spacial score (nSPS) is 12.0. The molecule has 10 aromatic carbocycles. The predicted octanol–water partition coefficient (Wildman–Crippen LogP) is 17.1. The van der Waals surface area contributed by atoms with Gasteiger partial charge in [-0.25, -0.2) is 9.97 Å². The summed E-state index contributed by atoms with van der Waals surface area (Å²) in [6.07, 6.45) is 1.67. The molecule has 0 bridgehead atoms. The van der Waals surface area contributed by atoms with Gasteiger partial charge in [0.15, 0.2) is 0 Å². The molecule has 70 heavy (non-hydrogen) atoms. The summed E-state index contributed by atoms with van der Waals surface area (Å²) < 4.78 is 17.8. The van der Waals surface area contributed by atoms with E-state index in [4.69, 9.17) is 18.8 Å². The Balaban J connectivity index is 0.771. The fourth-order valence-corrected chi connectivity index (χ4v) is 11.1. The number of aromatic nitrogens is 4. The first-order valence-corrected chi connectivity index (χ1v) is 23.6. The second-order valence-electron chi connectivity index (χ2n) is 18.1. The minimum absolute atomic E-state index is 0.859. The van der Waals surface area contributed by atoms with E-state index in [-0.39, 0.29) is 0 Å². The first-order valence-electron chi connectivity index (χ1n) is 23.6. The zero-order chi connectivity index (χ0) is 45.9. The SMILES string of the molecule is c1cc(-c2cccc(-n3c4ccccc4c4c5oc6ccccc6c5ccc43)c2)cc(-c2cc(-c3cccc(-c4cccc(-n5c6ccccc6c6c7oc8ccccc8c7ccc65)c4)c3)ncn2)c1. The average Bonchev–Trinajstić information content (AvgIpc) is 4.19. The molecular weight excluding hydrogens is 857 g/mol. The van der Waals surface area contributed by atoms with Gasteiger partial charge in [-0.1, -0.05) is 133 Å². The molecule has 0 amide bonds. The fourth-order valence-electron chi connectivity index (χ4n) is 11.1. The van der Waals surface area contributed by atoms with Crippen LogP contribution in [0.4, 0.5) is 0 Å². The number of benzene rings is 10. The number of nitrogens with zero attached hydrogens (tertiary/aromatic N) is 4. The van der Waals surface area contributed by atoms with E-state index in [2.05, 4.69) is 209 Å². The van der Waals surface area contributed by atoms with Gasteiger partial charge in [0.05, 0.1) is 44.2 Å². The molecule has 0 saturated heterocycles. The Morgan fingerprint density at radius 1 is 0.286 bits per heavy atom. The maximum Gasteiger partial charge on any atom is 0.145 e. The van der Waals surface area contributed by atoms with Crippen LogP contribution in [0.25, 0.3) is 144 Å². The summed E-state index contributed by atoms with van der Waals surface area (Å²) >= 11 is 0. The van der Waals surface area contributed by atoms with Gasteiger partial charge in [-0.05, 0) is 113 Å². The van der Waals surface area contributed by atoms with E-state index in [9.17, 15) is 0 Å². The monoisotopic (exact) mass is 894 g/mol. The first kappa shape index (κ1) is 38.6. The summed E-state index contributed by atoms with van der Waals surface area (Å²) in [5.41, 5.74) is 18.5. The molecule has 5 aromatic heterocycles. The van der Waals surface area contributed by atoms with E-state index in [1.807, 2.05) is 24.3 Å². The number of para-hydroxylation sites is 4. The van der Waals surface area contributed by atoms with Crippen molar-refractivity contribution in [1.29, 1.82) is 0 Å². The van der Waals surface area contributed by atoms with Gasteiger partial charge in [-0.2, -0.15) is 0 Å². The summed E-state index contributed by atoms with van der Waals surface area (Å²) in [5.74, 6) is 0. The van der Waals surface area contributed by atoms with Crippen molar-refractivity contribution < 1.29 is 8.83 Å². The Morgan fingerprint density at radius 3 is 1.17 bits per heavy atom. The lowest BCUT2D eigenvalue weighted by molar-refractivity contribution is 0.672. The van der Waals surface area contributed by atoms with E-state index >= 15 is 0 Å². The lowest BCUT2D eigenvalue weighted by Gasteiger charge is -2.12. The van der Waals surface area contributed by atoms with Gasteiger partial charge in [0.25, 0.3) is 0 Å². The van der Waals surface area contributed by atoms with Gasteiger partial charge >= 0.3 is 0 Å². The van der Waals surface area contributed by atoms with Gasteiger partial charge in [0, 0.05) is 54.8 Å².